The average molecular weight is 167 g/mol. The van der Waals surface area contributed by atoms with E-state index in [0.717, 1.165) is 25.7 Å². The molecule has 0 aromatic heterocycles. The van der Waals surface area contributed by atoms with Crippen molar-refractivity contribution in [2.45, 2.75) is 37.5 Å². The van der Waals surface area contributed by atoms with Crippen molar-refractivity contribution in [3.8, 4) is 0 Å². The Labute approximate surface area is 71.8 Å². The summed E-state index contributed by atoms with van der Waals surface area (Å²) < 4.78 is 5.08. The van der Waals surface area contributed by atoms with Crippen LogP contribution in [0, 0.1) is 0 Å². The maximum absolute atomic E-state index is 11.4. The molecule has 2 aliphatic rings. The minimum atomic E-state index is -0.362. The lowest BCUT2D eigenvalue weighted by atomic mass is 9.99. The van der Waals surface area contributed by atoms with Gasteiger partial charge in [0.1, 0.15) is 5.54 Å². The van der Waals surface area contributed by atoms with E-state index in [9.17, 15) is 4.79 Å². The van der Waals surface area contributed by atoms with Gasteiger partial charge in [0.2, 0.25) is 0 Å². The van der Waals surface area contributed by atoms with E-state index < -0.39 is 0 Å². The Morgan fingerprint density at radius 3 is 2.75 bits per heavy atom. The summed E-state index contributed by atoms with van der Waals surface area (Å²) >= 11 is 0. The Kier molecular flexibility index (Phi) is 1.68. The van der Waals surface area contributed by atoms with Gasteiger partial charge in [-0.15, -0.1) is 0 Å². The maximum Gasteiger partial charge on any atom is 0.328 e. The summed E-state index contributed by atoms with van der Waals surface area (Å²) in [4.78, 5) is 11.4. The number of carbonyl (C=O) groups is 1. The molecule has 1 saturated carbocycles. The van der Waals surface area contributed by atoms with Crippen LogP contribution in [0.2, 0.25) is 0 Å². The number of hydrogen-bond donors (Lipinski definition) is 1. The van der Waals surface area contributed by atoms with E-state index in [0.29, 0.717) is 0 Å². The molecule has 2 fully saturated rings. The van der Waals surface area contributed by atoms with E-state index in [1.54, 1.807) is 6.08 Å². The molecule has 0 aromatic carbocycles. The Bertz CT molecular complexity index is 219. The van der Waals surface area contributed by atoms with Gasteiger partial charge in [0.15, 0.2) is 6.23 Å². The lowest BCUT2D eigenvalue weighted by Gasteiger charge is -2.17. The predicted molar refractivity (Wildman–Crippen MR) is 44.4 cm³/mol. The third-order valence-corrected chi connectivity index (χ3v) is 2.71. The molecule has 1 aliphatic heterocycles. The normalized spacial score (nSPS) is 32.3. The number of cyclic esters (lactones) is 1. The van der Waals surface area contributed by atoms with Crippen molar-refractivity contribution in [2.24, 2.45) is 0 Å². The van der Waals surface area contributed by atoms with Crippen LogP contribution in [0.3, 0.4) is 0 Å². The van der Waals surface area contributed by atoms with Crippen molar-refractivity contribution >= 4 is 5.97 Å². The van der Waals surface area contributed by atoms with Crippen LogP contribution in [-0.4, -0.2) is 17.7 Å². The second-order valence-corrected chi connectivity index (χ2v) is 3.50. The second kappa shape index (κ2) is 2.59. The predicted octanol–water partition coefficient (Wildman–Crippen LogP) is 0.958. The molecule has 2 rings (SSSR count). The molecule has 1 heterocycles. The quantitative estimate of drug-likeness (QED) is 0.467. The van der Waals surface area contributed by atoms with E-state index >= 15 is 0 Å². The molecule has 0 aromatic rings. The Balaban J connectivity index is 2.16. The van der Waals surface area contributed by atoms with Gasteiger partial charge < -0.3 is 4.74 Å². The summed E-state index contributed by atoms with van der Waals surface area (Å²) in [6.07, 6.45) is 5.42. The Morgan fingerprint density at radius 1 is 1.58 bits per heavy atom. The first-order valence-electron chi connectivity index (χ1n) is 4.38. The largest absolute Gasteiger partial charge is 0.441 e. The topological polar surface area (TPSA) is 38.3 Å². The molecule has 1 N–H and O–H groups in total. The Hall–Kier alpha value is -0.830. The highest BCUT2D eigenvalue weighted by Gasteiger charge is 2.49. The second-order valence-electron chi connectivity index (χ2n) is 3.50. The molecular weight excluding hydrogens is 154 g/mol. The average Bonchev–Trinajstić information content (AvgIpc) is 2.63. The van der Waals surface area contributed by atoms with E-state index in [1.165, 1.54) is 0 Å². The third kappa shape index (κ3) is 0.966. The van der Waals surface area contributed by atoms with Gasteiger partial charge in [-0.25, -0.2) is 4.79 Å². The molecule has 0 amide bonds. The minimum Gasteiger partial charge on any atom is -0.441 e. The number of nitrogens with one attached hydrogen (secondary N) is 1. The molecule has 1 saturated heterocycles. The van der Waals surface area contributed by atoms with Crippen molar-refractivity contribution in [3.05, 3.63) is 12.7 Å². The van der Waals surface area contributed by atoms with Gasteiger partial charge in [-0.05, 0) is 18.9 Å². The molecule has 12 heavy (non-hydrogen) atoms. The number of rotatable bonds is 1. The highest BCUT2D eigenvalue weighted by Crippen LogP contribution is 2.34. The van der Waals surface area contributed by atoms with Crippen molar-refractivity contribution in [1.29, 1.82) is 0 Å². The molecular formula is C9H13NO2. The molecule has 1 aliphatic carbocycles. The molecule has 1 atom stereocenters. The van der Waals surface area contributed by atoms with Crippen molar-refractivity contribution in [3.63, 3.8) is 0 Å². The lowest BCUT2D eigenvalue weighted by molar-refractivity contribution is -0.144. The molecule has 3 heteroatoms. The van der Waals surface area contributed by atoms with Gasteiger partial charge in [0.05, 0.1) is 0 Å². The minimum absolute atomic E-state index is 0.0927. The van der Waals surface area contributed by atoms with Gasteiger partial charge in [0.25, 0.3) is 0 Å². The van der Waals surface area contributed by atoms with Crippen LogP contribution in [0.4, 0.5) is 0 Å². The fourth-order valence-electron chi connectivity index (χ4n) is 2.02. The zero-order chi connectivity index (χ0) is 8.60. The summed E-state index contributed by atoms with van der Waals surface area (Å²) in [5, 5.41) is 3.18. The van der Waals surface area contributed by atoms with Crippen molar-refractivity contribution in [1.82, 2.24) is 5.32 Å². The van der Waals surface area contributed by atoms with E-state index in [4.69, 9.17) is 4.74 Å². The van der Waals surface area contributed by atoms with Crippen molar-refractivity contribution in [2.75, 3.05) is 0 Å². The van der Waals surface area contributed by atoms with Crippen LogP contribution in [0.5, 0.6) is 0 Å². The summed E-state index contributed by atoms with van der Waals surface area (Å²) in [6.45, 7) is 3.59. The summed E-state index contributed by atoms with van der Waals surface area (Å²) in [5.41, 5.74) is -0.362. The number of hydrogen-bond acceptors (Lipinski definition) is 3. The van der Waals surface area contributed by atoms with Crippen LogP contribution in [0.1, 0.15) is 25.7 Å². The smallest absolute Gasteiger partial charge is 0.328 e. The number of carbonyl (C=O) groups excluding carboxylic acids is 1. The Morgan fingerprint density at radius 2 is 2.25 bits per heavy atom. The van der Waals surface area contributed by atoms with Gasteiger partial charge in [0, 0.05) is 0 Å². The molecule has 3 nitrogen and oxygen atoms in total. The molecule has 66 valence electrons. The molecule has 0 radical (unpaired) electrons. The zero-order valence-electron chi connectivity index (χ0n) is 7.01. The first-order chi connectivity index (χ1) is 5.77. The number of ether oxygens (including phenoxy) is 1. The monoisotopic (exact) mass is 167 g/mol. The fourth-order valence-corrected chi connectivity index (χ4v) is 2.02. The van der Waals surface area contributed by atoms with E-state index in [2.05, 4.69) is 11.9 Å². The highest BCUT2D eigenvalue weighted by molar-refractivity contribution is 5.83. The molecule has 0 bridgehead atoms. The SMILES string of the molecule is C=CC1NC2(CCCC2)C(=O)O1. The summed E-state index contributed by atoms with van der Waals surface area (Å²) in [6, 6.07) is 0. The first kappa shape index (κ1) is 7.80. The van der Waals surface area contributed by atoms with Crippen LogP contribution in [0.15, 0.2) is 12.7 Å². The van der Waals surface area contributed by atoms with Crippen LogP contribution in [-0.2, 0) is 9.53 Å². The highest BCUT2D eigenvalue weighted by atomic mass is 16.6. The molecule has 1 spiro atoms. The van der Waals surface area contributed by atoms with E-state index in [1.807, 2.05) is 0 Å². The summed E-state index contributed by atoms with van der Waals surface area (Å²) in [5.74, 6) is -0.0927. The summed E-state index contributed by atoms with van der Waals surface area (Å²) in [7, 11) is 0. The zero-order valence-corrected chi connectivity index (χ0v) is 7.01. The number of esters is 1. The van der Waals surface area contributed by atoms with Crippen LogP contribution >= 0.6 is 0 Å². The third-order valence-electron chi connectivity index (χ3n) is 2.71. The van der Waals surface area contributed by atoms with Crippen LogP contribution in [0.25, 0.3) is 0 Å². The van der Waals surface area contributed by atoms with Gasteiger partial charge in [-0.2, -0.15) is 0 Å². The van der Waals surface area contributed by atoms with Gasteiger partial charge in [-0.1, -0.05) is 19.4 Å². The first-order valence-corrected chi connectivity index (χ1v) is 4.38. The lowest BCUT2D eigenvalue weighted by Crippen LogP contribution is -2.44. The van der Waals surface area contributed by atoms with Crippen LogP contribution < -0.4 is 5.32 Å². The molecule has 1 unspecified atom stereocenters. The van der Waals surface area contributed by atoms with E-state index in [-0.39, 0.29) is 17.7 Å². The van der Waals surface area contributed by atoms with Crippen molar-refractivity contribution < 1.29 is 9.53 Å². The standard InChI is InChI=1S/C9H13NO2/c1-2-7-10-9(8(11)12-7)5-3-4-6-9/h2,7,10H,1,3-6H2. The maximum atomic E-state index is 11.4. The van der Waals surface area contributed by atoms with Gasteiger partial charge in [-0.3, -0.25) is 5.32 Å². The fraction of sp³-hybridized carbons (Fsp3) is 0.667. The van der Waals surface area contributed by atoms with Gasteiger partial charge >= 0.3 is 5.97 Å².